The van der Waals surface area contributed by atoms with Gasteiger partial charge in [-0.15, -0.1) is 0 Å². The zero-order chi connectivity index (χ0) is 27.1. The van der Waals surface area contributed by atoms with Crippen molar-refractivity contribution < 1.29 is 19.1 Å². The molecule has 0 bridgehead atoms. The van der Waals surface area contributed by atoms with Crippen molar-refractivity contribution in [3.05, 3.63) is 53.5 Å². The first-order valence-corrected chi connectivity index (χ1v) is 12.8. The number of carbonyl (C=O) groups excluding carboxylic acids is 2. The Morgan fingerprint density at radius 2 is 1.89 bits per heavy atom. The topological polar surface area (TPSA) is 76.9 Å². The number of aryl methyl sites for hydroxylation is 1. The van der Waals surface area contributed by atoms with E-state index in [1.165, 1.54) is 5.56 Å². The standard InChI is InChI=1S/C29H38N4O4/c1-18(2)31(7)27(34)23-12-22(36-8)9-10-24(23)33-17-21(26-19(3)13-30-14-25(26)33)11-20-15-32(16-20)28(35)37-29(4,5)6/h9-10,12-14,17-18,20H,11,15-16H2,1-8H3. The van der Waals surface area contributed by atoms with Crippen LogP contribution in [0.4, 0.5) is 4.79 Å². The Bertz CT molecular complexity index is 1320. The van der Waals surface area contributed by atoms with Gasteiger partial charge in [0.2, 0.25) is 0 Å². The highest BCUT2D eigenvalue weighted by Gasteiger charge is 2.34. The zero-order valence-corrected chi connectivity index (χ0v) is 23.2. The molecule has 1 aliphatic rings. The molecule has 0 radical (unpaired) electrons. The van der Waals surface area contributed by atoms with E-state index in [1.807, 2.05) is 66.2 Å². The highest BCUT2D eigenvalue weighted by atomic mass is 16.6. The summed E-state index contributed by atoms with van der Waals surface area (Å²) in [6.07, 6.45) is 6.39. The van der Waals surface area contributed by atoms with Crippen molar-refractivity contribution in [1.29, 1.82) is 0 Å². The van der Waals surface area contributed by atoms with Crippen LogP contribution in [0.1, 0.15) is 56.1 Å². The Morgan fingerprint density at radius 1 is 1.19 bits per heavy atom. The van der Waals surface area contributed by atoms with Gasteiger partial charge in [-0.2, -0.15) is 0 Å². The van der Waals surface area contributed by atoms with E-state index in [9.17, 15) is 9.59 Å². The number of hydrogen-bond donors (Lipinski definition) is 0. The molecule has 0 N–H and O–H groups in total. The summed E-state index contributed by atoms with van der Waals surface area (Å²) in [5, 5.41) is 1.14. The van der Waals surface area contributed by atoms with Crippen LogP contribution in [-0.4, -0.2) is 70.2 Å². The van der Waals surface area contributed by atoms with Gasteiger partial charge in [0.15, 0.2) is 0 Å². The normalized spacial score (nSPS) is 14.1. The molecule has 3 aromatic rings. The summed E-state index contributed by atoms with van der Waals surface area (Å²) in [6.45, 7) is 13.0. The van der Waals surface area contributed by atoms with Gasteiger partial charge in [0.1, 0.15) is 11.4 Å². The number of carbonyl (C=O) groups is 2. The molecule has 2 aromatic heterocycles. The second-order valence-corrected chi connectivity index (χ2v) is 11.2. The Hall–Kier alpha value is -3.55. The third-order valence-corrected chi connectivity index (χ3v) is 6.89. The molecule has 1 aromatic carbocycles. The van der Waals surface area contributed by atoms with E-state index in [2.05, 4.69) is 22.7 Å². The molecule has 8 heteroatoms. The molecule has 3 heterocycles. The molecule has 0 atom stereocenters. The van der Waals surface area contributed by atoms with Gasteiger partial charge in [0.25, 0.3) is 5.91 Å². The minimum atomic E-state index is -0.503. The molecule has 8 nitrogen and oxygen atoms in total. The van der Waals surface area contributed by atoms with E-state index in [4.69, 9.17) is 9.47 Å². The molecule has 1 saturated heterocycles. The lowest BCUT2D eigenvalue weighted by molar-refractivity contribution is -0.000847. The Labute approximate surface area is 219 Å². The number of fused-ring (bicyclic) bond motifs is 1. The first-order chi connectivity index (χ1) is 17.4. The lowest BCUT2D eigenvalue weighted by Crippen LogP contribution is -2.52. The molecule has 0 unspecified atom stereocenters. The van der Waals surface area contributed by atoms with Gasteiger partial charge >= 0.3 is 6.09 Å². The molecule has 37 heavy (non-hydrogen) atoms. The van der Waals surface area contributed by atoms with E-state index >= 15 is 0 Å². The third kappa shape index (κ3) is 5.43. The lowest BCUT2D eigenvalue weighted by Gasteiger charge is -2.39. The van der Waals surface area contributed by atoms with Crippen molar-refractivity contribution in [2.45, 2.75) is 59.6 Å². The highest BCUT2D eigenvalue weighted by molar-refractivity contribution is 5.99. The molecular formula is C29H38N4O4. The van der Waals surface area contributed by atoms with Crippen LogP contribution in [0.25, 0.3) is 16.6 Å². The van der Waals surface area contributed by atoms with Gasteiger partial charge in [0, 0.05) is 44.0 Å². The first-order valence-electron chi connectivity index (χ1n) is 12.8. The van der Waals surface area contributed by atoms with E-state index < -0.39 is 5.60 Å². The molecule has 4 rings (SSSR count). The number of rotatable bonds is 6. The largest absolute Gasteiger partial charge is 0.497 e. The molecule has 0 saturated carbocycles. The van der Waals surface area contributed by atoms with Crippen LogP contribution in [0.5, 0.6) is 5.75 Å². The minimum Gasteiger partial charge on any atom is -0.497 e. The average Bonchev–Trinajstić information content (AvgIpc) is 3.17. The molecule has 0 aliphatic carbocycles. The lowest BCUT2D eigenvalue weighted by atomic mass is 9.92. The van der Waals surface area contributed by atoms with Crippen LogP contribution < -0.4 is 4.74 Å². The van der Waals surface area contributed by atoms with Crippen LogP contribution in [-0.2, 0) is 11.2 Å². The fourth-order valence-electron chi connectivity index (χ4n) is 4.73. The van der Waals surface area contributed by atoms with Crippen molar-refractivity contribution in [3.8, 4) is 11.4 Å². The summed E-state index contributed by atoms with van der Waals surface area (Å²) in [4.78, 5) is 33.8. The minimum absolute atomic E-state index is 0.0546. The number of pyridine rings is 1. The second-order valence-electron chi connectivity index (χ2n) is 11.2. The van der Waals surface area contributed by atoms with Crippen LogP contribution in [0, 0.1) is 12.8 Å². The van der Waals surface area contributed by atoms with Crippen molar-refractivity contribution in [2.75, 3.05) is 27.2 Å². The van der Waals surface area contributed by atoms with Crippen LogP contribution in [0.15, 0.2) is 36.8 Å². The second kappa shape index (κ2) is 10.1. The number of nitrogens with zero attached hydrogens (tertiary/aromatic N) is 4. The Morgan fingerprint density at radius 3 is 2.51 bits per heavy atom. The summed E-state index contributed by atoms with van der Waals surface area (Å²) in [5.74, 6) is 0.898. The van der Waals surface area contributed by atoms with Crippen molar-refractivity contribution in [1.82, 2.24) is 19.4 Å². The molecular weight excluding hydrogens is 468 g/mol. The number of methoxy groups -OCH3 is 1. The summed E-state index contributed by atoms with van der Waals surface area (Å²) in [6, 6.07) is 5.66. The summed E-state index contributed by atoms with van der Waals surface area (Å²) in [7, 11) is 3.42. The highest BCUT2D eigenvalue weighted by Crippen LogP contribution is 2.33. The smallest absolute Gasteiger partial charge is 0.410 e. The van der Waals surface area contributed by atoms with Gasteiger partial charge < -0.3 is 23.8 Å². The predicted octanol–water partition coefficient (Wildman–Crippen LogP) is 5.23. The van der Waals surface area contributed by atoms with Crippen LogP contribution >= 0.6 is 0 Å². The third-order valence-electron chi connectivity index (χ3n) is 6.89. The number of aromatic nitrogens is 2. The van der Waals surface area contributed by atoms with E-state index in [1.54, 1.807) is 23.0 Å². The molecule has 198 valence electrons. The monoisotopic (exact) mass is 506 g/mol. The molecule has 0 spiro atoms. The average molecular weight is 507 g/mol. The van der Waals surface area contributed by atoms with Gasteiger partial charge in [0.05, 0.1) is 30.1 Å². The SMILES string of the molecule is COc1ccc(-n2cc(CC3CN(C(=O)OC(C)(C)C)C3)c3c(C)cncc32)c(C(=O)N(C)C(C)C)c1. The number of ether oxygens (including phenoxy) is 2. The van der Waals surface area contributed by atoms with Crippen LogP contribution in [0.3, 0.4) is 0 Å². The van der Waals surface area contributed by atoms with Gasteiger partial charge in [-0.25, -0.2) is 4.79 Å². The summed E-state index contributed by atoms with van der Waals surface area (Å²) < 4.78 is 13.0. The number of hydrogen-bond acceptors (Lipinski definition) is 5. The Balaban J connectivity index is 1.69. The van der Waals surface area contributed by atoms with Gasteiger partial charge in [-0.05, 0) is 83.2 Å². The summed E-state index contributed by atoms with van der Waals surface area (Å²) >= 11 is 0. The number of likely N-dealkylation sites (tertiary alicyclic amines) is 1. The van der Waals surface area contributed by atoms with Crippen molar-refractivity contribution in [2.24, 2.45) is 5.92 Å². The number of benzene rings is 1. The maximum absolute atomic E-state index is 13.5. The zero-order valence-electron chi connectivity index (χ0n) is 23.2. The molecule has 2 amide bonds. The number of amides is 2. The van der Waals surface area contributed by atoms with Gasteiger partial charge in [-0.3, -0.25) is 9.78 Å². The maximum atomic E-state index is 13.5. The van der Waals surface area contributed by atoms with E-state index in [0.717, 1.165) is 28.6 Å². The fourth-order valence-corrected chi connectivity index (χ4v) is 4.73. The first kappa shape index (κ1) is 26.5. The van der Waals surface area contributed by atoms with Crippen LogP contribution in [0.2, 0.25) is 0 Å². The maximum Gasteiger partial charge on any atom is 0.410 e. The van der Waals surface area contributed by atoms with Crippen molar-refractivity contribution in [3.63, 3.8) is 0 Å². The quantitative estimate of drug-likeness (QED) is 0.457. The van der Waals surface area contributed by atoms with E-state index in [-0.39, 0.29) is 18.0 Å². The van der Waals surface area contributed by atoms with Crippen molar-refractivity contribution >= 4 is 22.9 Å². The van der Waals surface area contributed by atoms with E-state index in [0.29, 0.717) is 30.3 Å². The Kier molecular flexibility index (Phi) is 7.22. The van der Waals surface area contributed by atoms with Gasteiger partial charge in [-0.1, -0.05) is 0 Å². The fraction of sp³-hybridized carbons (Fsp3) is 0.483. The molecule has 1 aliphatic heterocycles. The predicted molar refractivity (Wildman–Crippen MR) is 145 cm³/mol. The summed E-state index contributed by atoms with van der Waals surface area (Å²) in [5.41, 5.74) is 4.05. The molecule has 1 fully saturated rings.